The summed E-state index contributed by atoms with van der Waals surface area (Å²) in [6.07, 6.45) is 0. The average Bonchev–Trinajstić information content (AvgIpc) is 1.00. The van der Waals surface area contributed by atoms with E-state index in [4.69, 9.17) is 11.8 Å². The van der Waals surface area contributed by atoms with Crippen LogP contribution in [0.3, 0.4) is 0 Å². The van der Waals surface area contributed by atoms with E-state index in [1.54, 1.807) is 0 Å². The molecule has 0 rings (SSSR count). The van der Waals surface area contributed by atoms with E-state index in [9.17, 15) is 0 Å². The van der Waals surface area contributed by atoms with Gasteiger partial charge in [0.2, 0.25) is 0 Å². The van der Waals surface area contributed by atoms with Crippen LogP contribution in [0.4, 0.5) is 0 Å². The fourth-order valence-corrected chi connectivity index (χ4v) is 0. The van der Waals surface area contributed by atoms with Crippen LogP contribution in [-0.4, -0.2) is 0 Å². The number of hydrogen-bond donors (Lipinski definition) is 0. The van der Waals surface area contributed by atoms with Crippen LogP contribution in [0.25, 0.3) is 0 Å². The summed E-state index contributed by atoms with van der Waals surface area (Å²) in [6, 6.07) is 0. The molecule has 24 valence electrons. The fourth-order valence-electron chi connectivity index (χ4n) is 0. The molecule has 0 spiro atoms. The van der Waals surface area contributed by atoms with Gasteiger partial charge in [-0.15, -0.1) is 0 Å². The second-order valence-electron chi connectivity index (χ2n) is 0. The summed E-state index contributed by atoms with van der Waals surface area (Å²) in [4.78, 5) is 0. The van der Waals surface area contributed by atoms with Crippen LogP contribution in [0.2, 0.25) is 0 Å². The molecule has 0 atom stereocenters. The Hall–Kier alpha value is 0.542. The monoisotopic (exact) mass is 134 g/mol. The Balaban J connectivity index is -0.00000000500. The van der Waals surface area contributed by atoms with Crippen molar-refractivity contribution in [2.24, 2.45) is 0 Å². The first-order valence-electron chi connectivity index (χ1n) is 0.224. The molecule has 0 amide bonds. The molecule has 0 aromatic heterocycles. The average molecular weight is 134 g/mol. The second-order valence-corrected chi connectivity index (χ2v) is 0. The molecule has 0 unspecified atom stereocenters. The second kappa shape index (κ2) is 77.9. The molecule has 4 heavy (non-hydrogen) atoms. The smallest absolute Gasteiger partial charge is 0 e. The van der Waals surface area contributed by atoms with Gasteiger partial charge in [0, 0.05) is 34.4 Å². The predicted molar refractivity (Wildman–Crippen MR) is 4.97 cm³/mol. The van der Waals surface area contributed by atoms with Crippen molar-refractivity contribution in [2.75, 3.05) is 0 Å². The third-order valence-corrected chi connectivity index (χ3v) is 0. The van der Waals surface area contributed by atoms with Crippen molar-refractivity contribution < 1.29 is 34.4 Å². The maximum Gasteiger partial charge on any atom is 0 e. The zero-order valence-corrected chi connectivity index (χ0v) is 4.09. The number of nitrogens with zero attached hydrogens (tertiary/aromatic N) is 1. The maximum absolute atomic E-state index is 6.25. The van der Waals surface area contributed by atoms with E-state index >= 15 is 0 Å². The van der Waals surface area contributed by atoms with Gasteiger partial charge in [-0.1, -0.05) is 0 Å². The summed E-state index contributed by atoms with van der Waals surface area (Å²) < 4.78 is 0. The van der Waals surface area contributed by atoms with Crippen LogP contribution in [0.1, 0.15) is 0 Å². The zero-order chi connectivity index (χ0) is 2.00. The van der Waals surface area contributed by atoms with Crippen molar-refractivity contribution in [2.45, 2.75) is 0 Å². The molecule has 0 saturated carbocycles. The van der Waals surface area contributed by atoms with E-state index in [1.165, 1.54) is 0 Å². The molecule has 0 aliphatic heterocycles. The van der Waals surface area contributed by atoms with Gasteiger partial charge in [-0.2, -0.15) is 0 Å². The summed E-state index contributed by atoms with van der Waals surface area (Å²) in [7, 11) is 0. The molecular formula is CCrFeN-. The first-order chi connectivity index (χ1) is 1.00. The van der Waals surface area contributed by atoms with Crippen LogP contribution in [-0.2, 0) is 34.4 Å². The van der Waals surface area contributed by atoms with E-state index < -0.39 is 0 Å². The van der Waals surface area contributed by atoms with Gasteiger partial charge >= 0.3 is 0 Å². The van der Waals surface area contributed by atoms with E-state index in [0.29, 0.717) is 0 Å². The Morgan fingerprint density at radius 3 is 1.25 bits per heavy atom. The fraction of sp³-hybridized carbons (Fsp3) is 0. The third-order valence-electron chi connectivity index (χ3n) is 0. The summed E-state index contributed by atoms with van der Waals surface area (Å²) in [5.74, 6) is 0. The standard InChI is InChI=1S/CN.Cr.Fe/c1-2;;/q-1;;. The largest absolute Gasteiger partial charge is 0.512 e. The molecule has 0 aliphatic rings. The number of rotatable bonds is 0. The van der Waals surface area contributed by atoms with E-state index in [1.807, 2.05) is 0 Å². The Labute approximate surface area is 46.6 Å². The minimum Gasteiger partial charge on any atom is -0.512 e. The van der Waals surface area contributed by atoms with Crippen molar-refractivity contribution in [1.29, 1.82) is 5.26 Å². The molecule has 0 aromatic carbocycles. The summed E-state index contributed by atoms with van der Waals surface area (Å²) in [5, 5.41) is 6.25. The molecule has 0 saturated heterocycles. The normalized spacial score (nSPS) is 0.500. The van der Waals surface area contributed by atoms with Crippen molar-refractivity contribution >= 4 is 0 Å². The molecule has 0 fully saturated rings. The topological polar surface area (TPSA) is 23.8 Å². The van der Waals surface area contributed by atoms with Gasteiger partial charge in [0.05, 0.1) is 0 Å². The van der Waals surface area contributed by atoms with Gasteiger partial charge in [-0.05, 0) is 0 Å². The minimum absolute atomic E-state index is 0. The summed E-state index contributed by atoms with van der Waals surface area (Å²) >= 11 is 0. The van der Waals surface area contributed by atoms with Crippen LogP contribution in [0, 0.1) is 11.8 Å². The first-order valence-corrected chi connectivity index (χ1v) is 0.224. The van der Waals surface area contributed by atoms with Crippen molar-refractivity contribution in [3.05, 3.63) is 6.57 Å². The van der Waals surface area contributed by atoms with Gasteiger partial charge < -0.3 is 11.8 Å². The van der Waals surface area contributed by atoms with Crippen LogP contribution in [0.5, 0.6) is 0 Å². The van der Waals surface area contributed by atoms with Gasteiger partial charge in [0.1, 0.15) is 0 Å². The van der Waals surface area contributed by atoms with Crippen LogP contribution >= 0.6 is 0 Å². The SMILES string of the molecule is [C-]#N.[Cr].[Fe]. The third kappa shape index (κ3) is 20.6. The summed E-state index contributed by atoms with van der Waals surface area (Å²) in [6.45, 7) is 4.75. The van der Waals surface area contributed by atoms with Gasteiger partial charge in [-0.3, -0.25) is 0 Å². The molecule has 0 heterocycles. The molecule has 0 bridgehead atoms. The maximum atomic E-state index is 6.25. The molecule has 3 heteroatoms. The van der Waals surface area contributed by atoms with Crippen LogP contribution in [0.15, 0.2) is 0 Å². The first kappa shape index (κ1) is 24.0. The summed E-state index contributed by atoms with van der Waals surface area (Å²) in [5.41, 5.74) is 0. The Morgan fingerprint density at radius 2 is 1.25 bits per heavy atom. The predicted octanol–water partition coefficient (Wildman–Crippen LogP) is 0.0914. The molecular weight excluding hydrogens is 134 g/mol. The van der Waals surface area contributed by atoms with E-state index in [-0.39, 0.29) is 34.4 Å². The Morgan fingerprint density at radius 1 is 1.25 bits per heavy atom. The molecule has 0 radical (unpaired) electrons. The molecule has 0 N–H and O–H groups in total. The quantitative estimate of drug-likeness (QED) is 0.340. The molecule has 1 nitrogen and oxygen atoms in total. The zero-order valence-electron chi connectivity index (χ0n) is 1.71. The molecule has 0 aliphatic carbocycles. The van der Waals surface area contributed by atoms with E-state index in [2.05, 4.69) is 0 Å². The number of hydrogen-bond acceptors (Lipinski definition) is 1. The minimum atomic E-state index is 0. The van der Waals surface area contributed by atoms with Gasteiger partial charge in [0.15, 0.2) is 0 Å². The Kier molecular flexibility index (Phi) is 467. The van der Waals surface area contributed by atoms with Gasteiger partial charge in [0.25, 0.3) is 0 Å². The van der Waals surface area contributed by atoms with Gasteiger partial charge in [-0.25, -0.2) is 0 Å². The van der Waals surface area contributed by atoms with Crippen molar-refractivity contribution in [3.8, 4) is 0 Å². The van der Waals surface area contributed by atoms with Crippen molar-refractivity contribution in [1.82, 2.24) is 0 Å². The van der Waals surface area contributed by atoms with Crippen LogP contribution < -0.4 is 0 Å². The van der Waals surface area contributed by atoms with Crippen molar-refractivity contribution in [3.63, 3.8) is 0 Å². The molecule has 0 aromatic rings. The van der Waals surface area contributed by atoms with E-state index in [0.717, 1.165) is 0 Å². The Bertz CT molecular complexity index is 12.8.